The highest BCUT2D eigenvalue weighted by atomic mass is 79.9. The van der Waals surface area contributed by atoms with Gasteiger partial charge in [0.25, 0.3) is 5.91 Å². The van der Waals surface area contributed by atoms with Gasteiger partial charge in [-0.1, -0.05) is 34.1 Å². The summed E-state index contributed by atoms with van der Waals surface area (Å²) in [6, 6.07) is 14.5. The highest BCUT2D eigenvalue weighted by Gasteiger charge is 2.42. The first-order chi connectivity index (χ1) is 13.8. The fourth-order valence-corrected chi connectivity index (χ4v) is 4.41. The number of carbonyl (C=O) groups is 1. The normalized spacial score (nSPS) is 17.3. The molecule has 1 N–H and O–H groups in total. The molecule has 0 spiro atoms. The average molecular weight is 480 g/mol. The Morgan fingerprint density at radius 1 is 1.00 bits per heavy atom. The van der Waals surface area contributed by atoms with Crippen molar-refractivity contribution < 1.29 is 23.1 Å². The first kappa shape index (κ1) is 19.7. The number of aliphatic hydroxyl groups is 1. The molecule has 4 rings (SSSR count). The summed E-state index contributed by atoms with van der Waals surface area (Å²) in [7, 11) is 0. The SMILES string of the molecule is O=C1C(O)=C(c2ccc(C(F)(F)F)cc2)C(c2cccs2)N1c1ccc(Br)cc1. The van der Waals surface area contributed by atoms with Gasteiger partial charge in [0.15, 0.2) is 5.76 Å². The number of amides is 1. The second-order valence-electron chi connectivity index (χ2n) is 6.41. The molecule has 0 saturated carbocycles. The zero-order valence-corrected chi connectivity index (χ0v) is 17.1. The quantitative estimate of drug-likeness (QED) is 0.460. The highest BCUT2D eigenvalue weighted by molar-refractivity contribution is 9.10. The molecule has 1 amide bonds. The molecule has 1 atom stereocenters. The van der Waals surface area contributed by atoms with E-state index in [-0.39, 0.29) is 5.57 Å². The first-order valence-corrected chi connectivity index (χ1v) is 10.2. The van der Waals surface area contributed by atoms with Crippen molar-refractivity contribution in [3.05, 3.63) is 92.3 Å². The van der Waals surface area contributed by atoms with Gasteiger partial charge in [0.1, 0.15) is 6.04 Å². The Labute approximate surface area is 176 Å². The van der Waals surface area contributed by atoms with Crippen LogP contribution >= 0.6 is 27.3 Å². The Bertz CT molecular complexity index is 1070. The minimum atomic E-state index is -4.46. The summed E-state index contributed by atoms with van der Waals surface area (Å²) in [6.45, 7) is 0. The molecular weight excluding hydrogens is 467 g/mol. The molecule has 1 aliphatic rings. The zero-order valence-electron chi connectivity index (χ0n) is 14.7. The van der Waals surface area contributed by atoms with E-state index in [1.165, 1.54) is 28.4 Å². The second kappa shape index (κ2) is 7.35. The lowest BCUT2D eigenvalue weighted by Crippen LogP contribution is -2.29. The maximum Gasteiger partial charge on any atom is 0.416 e. The summed E-state index contributed by atoms with van der Waals surface area (Å²) in [6.07, 6.45) is -4.46. The van der Waals surface area contributed by atoms with Crippen LogP contribution in [0.5, 0.6) is 0 Å². The van der Waals surface area contributed by atoms with Crippen molar-refractivity contribution >= 4 is 44.4 Å². The van der Waals surface area contributed by atoms with Gasteiger partial charge in [-0.2, -0.15) is 13.2 Å². The molecule has 3 nitrogen and oxygen atoms in total. The van der Waals surface area contributed by atoms with Crippen molar-refractivity contribution in [1.82, 2.24) is 0 Å². The first-order valence-electron chi connectivity index (χ1n) is 8.50. The lowest BCUT2D eigenvalue weighted by Gasteiger charge is -2.26. The Kier molecular flexibility index (Phi) is 5.00. The van der Waals surface area contributed by atoms with Crippen LogP contribution < -0.4 is 4.90 Å². The van der Waals surface area contributed by atoms with Crippen LogP contribution in [-0.4, -0.2) is 11.0 Å². The predicted octanol–water partition coefficient (Wildman–Crippen LogP) is 6.59. The zero-order chi connectivity index (χ0) is 20.8. The summed E-state index contributed by atoms with van der Waals surface area (Å²) in [4.78, 5) is 15.2. The van der Waals surface area contributed by atoms with Gasteiger partial charge in [0.2, 0.25) is 0 Å². The number of carbonyl (C=O) groups excluding carboxylic acids is 1. The van der Waals surface area contributed by atoms with Gasteiger partial charge in [-0.15, -0.1) is 11.3 Å². The van der Waals surface area contributed by atoms with Gasteiger partial charge in [-0.3, -0.25) is 9.69 Å². The molecule has 0 saturated heterocycles. The molecule has 0 radical (unpaired) electrons. The van der Waals surface area contributed by atoms with Crippen molar-refractivity contribution in [2.75, 3.05) is 4.90 Å². The fraction of sp³-hybridized carbons (Fsp3) is 0.0952. The van der Waals surface area contributed by atoms with E-state index in [4.69, 9.17) is 0 Å². The van der Waals surface area contributed by atoms with Crippen molar-refractivity contribution in [2.24, 2.45) is 0 Å². The molecule has 0 bridgehead atoms. The number of rotatable bonds is 3. The summed E-state index contributed by atoms with van der Waals surface area (Å²) >= 11 is 4.76. The van der Waals surface area contributed by atoms with Crippen LogP contribution in [0.2, 0.25) is 0 Å². The van der Waals surface area contributed by atoms with Crippen LogP contribution in [0.25, 0.3) is 5.57 Å². The Morgan fingerprint density at radius 3 is 2.21 bits per heavy atom. The van der Waals surface area contributed by atoms with Gasteiger partial charge in [-0.05, 0) is 53.4 Å². The highest BCUT2D eigenvalue weighted by Crippen LogP contribution is 2.47. The number of nitrogens with zero attached hydrogens (tertiary/aromatic N) is 1. The predicted molar refractivity (Wildman–Crippen MR) is 110 cm³/mol. The number of anilines is 1. The Hall–Kier alpha value is -2.58. The molecule has 8 heteroatoms. The van der Waals surface area contributed by atoms with E-state index in [2.05, 4.69) is 15.9 Å². The van der Waals surface area contributed by atoms with Crippen LogP contribution in [0.15, 0.2) is 76.3 Å². The van der Waals surface area contributed by atoms with E-state index in [1.54, 1.807) is 24.3 Å². The van der Waals surface area contributed by atoms with E-state index in [9.17, 15) is 23.1 Å². The molecule has 0 aliphatic carbocycles. The van der Waals surface area contributed by atoms with Crippen LogP contribution in [-0.2, 0) is 11.0 Å². The minimum absolute atomic E-state index is 0.286. The lowest BCUT2D eigenvalue weighted by molar-refractivity contribution is -0.137. The van der Waals surface area contributed by atoms with Crippen LogP contribution in [0.4, 0.5) is 18.9 Å². The Morgan fingerprint density at radius 2 is 1.66 bits per heavy atom. The fourth-order valence-electron chi connectivity index (χ4n) is 3.32. The third-order valence-corrected chi connectivity index (χ3v) is 6.10. The average Bonchev–Trinajstić information content (AvgIpc) is 3.30. The third kappa shape index (κ3) is 3.58. The van der Waals surface area contributed by atoms with Crippen LogP contribution in [0.3, 0.4) is 0 Å². The van der Waals surface area contributed by atoms with Crippen molar-refractivity contribution in [2.45, 2.75) is 12.2 Å². The number of aliphatic hydroxyl groups excluding tert-OH is 1. The molecule has 1 aromatic heterocycles. The van der Waals surface area contributed by atoms with E-state index < -0.39 is 29.4 Å². The summed E-state index contributed by atoms with van der Waals surface area (Å²) in [5.74, 6) is -1.06. The van der Waals surface area contributed by atoms with Crippen molar-refractivity contribution in [1.29, 1.82) is 0 Å². The standard InChI is InChI=1S/C21H13BrF3NO2S/c22-14-7-9-15(10-8-14)26-18(16-2-1-11-29-16)17(19(27)20(26)28)12-3-5-13(6-4-12)21(23,24)25/h1-11,18,27H. The molecule has 1 unspecified atom stereocenters. The molecule has 2 heterocycles. The third-order valence-electron chi connectivity index (χ3n) is 4.65. The number of alkyl halides is 3. The van der Waals surface area contributed by atoms with Crippen LogP contribution in [0, 0.1) is 0 Å². The van der Waals surface area contributed by atoms with E-state index in [0.717, 1.165) is 21.5 Å². The van der Waals surface area contributed by atoms with Gasteiger partial charge in [-0.25, -0.2) is 0 Å². The molecule has 29 heavy (non-hydrogen) atoms. The number of halogens is 4. The second-order valence-corrected chi connectivity index (χ2v) is 8.30. The summed E-state index contributed by atoms with van der Waals surface area (Å²) in [5.41, 5.74) is 0.434. The van der Waals surface area contributed by atoms with E-state index in [1.807, 2.05) is 17.5 Å². The maximum absolute atomic E-state index is 12.9. The maximum atomic E-state index is 12.9. The number of hydrogen-bond donors (Lipinski definition) is 1. The van der Waals surface area contributed by atoms with Gasteiger partial charge in [0.05, 0.1) is 5.56 Å². The van der Waals surface area contributed by atoms with Crippen LogP contribution in [0.1, 0.15) is 22.0 Å². The molecule has 2 aromatic carbocycles. The summed E-state index contributed by atoms with van der Waals surface area (Å²) < 4.78 is 39.6. The van der Waals surface area contributed by atoms with Gasteiger partial charge in [0, 0.05) is 20.6 Å². The molecule has 0 fully saturated rings. The summed E-state index contributed by atoms with van der Waals surface area (Å²) in [5, 5.41) is 12.5. The molecular formula is C21H13BrF3NO2S. The van der Waals surface area contributed by atoms with Gasteiger partial charge >= 0.3 is 6.18 Å². The minimum Gasteiger partial charge on any atom is -0.503 e. The van der Waals surface area contributed by atoms with Crippen molar-refractivity contribution in [3.8, 4) is 0 Å². The monoisotopic (exact) mass is 479 g/mol. The molecule has 148 valence electrons. The Balaban J connectivity index is 1.83. The topological polar surface area (TPSA) is 40.5 Å². The number of hydrogen-bond acceptors (Lipinski definition) is 3. The largest absolute Gasteiger partial charge is 0.503 e. The van der Waals surface area contributed by atoms with Gasteiger partial charge < -0.3 is 5.11 Å². The number of benzene rings is 2. The number of thiophene rings is 1. The van der Waals surface area contributed by atoms with E-state index >= 15 is 0 Å². The lowest BCUT2D eigenvalue weighted by atomic mass is 9.96. The van der Waals surface area contributed by atoms with E-state index in [0.29, 0.717) is 11.3 Å². The van der Waals surface area contributed by atoms with Crippen molar-refractivity contribution in [3.63, 3.8) is 0 Å². The molecule has 3 aromatic rings. The smallest absolute Gasteiger partial charge is 0.416 e. The molecule has 1 aliphatic heterocycles.